The maximum absolute atomic E-state index is 12.1. The van der Waals surface area contributed by atoms with Gasteiger partial charge in [0.2, 0.25) is 0 Å². The molecule has 1 aromatic rings. The minimum atomic E-state index is 0.0848. The van der Waals surface area contributed by atoms with Crippen LogP contribution in [0.25, 0.3) is 0 Å². The monoisotopic (exact) mass is 440 g/mol. The first-order valence-electron chi connectivity index (χ1n) is 5.06. The average Bonchev–Trinajstić information content (AvgIpc) is 2.77. The lowest BCUT2D eigenvalue weighted by Gasteiger charge is -2.01. The first kappa shape index (κ1) is 14.0. The minimum absolute atomic E-state index is 0.0848. The Morgan fingerprint density at radius 2 is 2.29 bits per heavy atom. The molecule has 1 aromatic carbocycles. The molecule has 0 spiro atoms. The second-order valence-corrected chi connectivity index (χ2v) is 7.91. The van der Waals surface area contributed by atoms with Gasteiger partial charge in [0.15, 0.2) is 5.78 Å². The lowest BCUT2D eigenvalue weighted by Crippen LogP contribution is -2.00. The van der Waals surface area contributed by atoms with Gasteiger partial charge in [0, 0.05) is 35.8 Å². The number of alkyl halides is 1. The molecule has 0 unspecified atom stereocenters. The van der Waals surface area contributed by atoms with E-state index in [9.17, 15) is 4.79 Å². The molecule has 1 heterocycles. The van der Waals surface area contributed by atoms with Crippen LogP contribution < -0.4 is 0 Å². The smallest absolute Gasteiger partial charge is 0.188 e. The van der Waals surface area contributed by atoms with Gasteiger partial charge in [-0.1, -0.05) is 50.7 Å². The van der Waals surface area contributed by atoms with Crippen LogP contribution in [0.4, 0.5) is 0 Å². The molecule has 0 N–H and O–H groups in total. The second-order valence-electron chi connectivity index (χ2n) is 3.51. The number of hydrogen-bond acceptors (Lipinski definition) is 3. The number of thioether (sulfide) groups is 2. The lowest BCUT2D eigenvalue weighted by molar-refractivity contribution is 0.104. The Balaban J connectivity index is 2.12. The molecule has 2 rings (SSSR count). The van der Waals surface area contributed by atoms with Crippen LogP contribution in [0.1, 0.15) is 10.4 Å². The summed E-state index contributed by atoms with van der Waals surface area (Å²) < 4.78 is 3.14. The highest BCUT2D eigenvalue weighted by Crippen LogP contribution is 2.42. The number of rotatable bonds is 3. The zero-order valence-corrected chi connectivity index (χ0v) is 14.2. The van der Waals surface area contributed by atoms with Gasteiger partial charge < -0.3 is 0 Å². The van der Waals surface area contributed by atoms with Crippen LogP contribution in [0.5, 0.6) is 0 Å². The Labute approximate surface area is 131 Å². The number of ketones is 1. The van der Waals surface area contributed by atoms with Crippen molar-refractivity contribution in [2.24, 2.45) is 0 Å². The predicted octanol–water partition coefficient (Wildman–Crippen LogP) is 4.76. The van der Waals surface area contributed by atoms with Crippen LogP contribution in [0.2, 0.25) is 0 Å². The molecule has 0 bridgehead atoms. The van der Waals surface area contributed by atoms with Gasteiger partial charge in [0.1, 0.15) is 0 Å². The summed E-state index contributed by atoms with van der Waals surface area (Å²) in [5, 5.41) is 0.652. The van der Waals surface area contributed by atoms with Gasteiger partial charge in [0.25, 0.3) is 0 Å². The summed E-state index contributed by atoms with van der Waals surface area (Å²) in [5.41, 5.74) is 0.735. The Morgan fingerprint density at radius 1 is 1.53 bits per heavy atom. The van der Waals surface area contributed by atoms with E-state index in [1.54, 1.807) is 17.8 Å². The van der Waals surface area contributed by atoms with E-state index in [0.29, 0.717) is 5.25 Å². The van der Waals surface area contributed by atoms with Crippen LogP contribution in [0.3, 0.4) is 0 Å². The lowest BCUT2D eigenvalue weighted by atomic mass is 10.1. The molecule has 0 radical (unpaired) electrons. The fourth-order valence-electron chi connectivity index (χ4n) is 1.40. The van der Waals surface area contributed by atoms with Crippen molar-refractivity contribution in [2.75, 3.05) is 10.2 Å². The number of benzene rings is 1. The maximum atomic E-state index is 12.1. The Hall–Kier alpha value is 0.540. The fraction of sp³-hybridized carbons (Fsp3) is 0.250. The topological polar surface area (TPSA) is 17.1 Å². The molecule has 1 atom stereocenters. The number of hydrogen-bond donors (Lipinski definition) is 0. The summed E-state index contributed by atoms with van der Waals surface area (Å²) in [6, 6.07) is 7.55. The molecule has 1 aliphatic heterocycles. The first-order valence-corrected chi connectivity index (χ1v) is 9.25. The van der Waals surface area contributed by atoms with Crippen LogP contribution in [0, 0.1) is 0 Å². The van der Waals surface area contributed by atoms with Gasteiger partial charge in [-0.25, -0.2) is 0 Å². The van der Waals surface area contributed by atoms with Gasteiger partial charge in [0.05, 0.1) is 0 Å². The maximum Gasteiger partial charge on any atom is 0.188 e. The van der Waals surface area contributed by atoms with Crippen LogP contribution >= 0.6 is 62.0 Å². The number of carbonyl (C=O) groups is 1. The van der Waals surface area contributed by atoms with E-state index in [1.807, 2.05) is 36.0 Å². The molecule has 1 aliphatic rings. The molecule has 1 fully saturated rings. The van der Waals surface area contributed by atoms with Gasteiger partial charge >= 0.3 is 0 Å². The summed E-state index contributed by atoms with van der Waals surface area (Å²) in [6.45, 7) is 0. The van der Waals surface area contributed by atoms with E-state index >= 15 is 0 Å². The van der Waals surface area contributed by atoms with Gasteiger partial charge in [-0.05, 0) is 12.1 Å². The average molecular weight is 441 g/mol. The zero-order valence-electron chi connectivity index (χ0n) is 8.86. The summed E-state index contributed by atoms with van der Waals surface area (Å²) in [5.74, 6) is 1.20. The highest BCUT2D eigenvalue weighted by Gasteiger charge is 2.21. The molecule has 0 saturated carbocycles. The zero-order chi connectivity index (χ0) is 12.3. The quantitative estimate of drug-likeness (QED) is 0.292. The van der Waals surface area contributed by atoms with E-state index in [1.165, 1.54) is 0 Å². The van der Waals surface area contributed by atoms with Crippen molar-refractivity contribution in [2.45, 2.75) is 5.25 Å². The molecule has 17 heavy (non-hydrogen) atoms. The van der Waals surface area contributed by atoms with Crippen LogP contribution in [-0.4, -0.2) is 21.2 Å². The third-order valence-electron chi connectivity index (χ3n) is 2.25. The molecule has 5 heteroatoms. The number of halogens is 2. The third kappa shape index (κ3) is 3.75. The standard InChI is InChI=1S/C12H10BrIOS2/c13-10-4-2-1-3-9(10)11(15)5-12-16-7-8(6-14)17-12/h1-5,8H,6-7H2/b12-5-/t8-/m0/s1. The van der Waals surface area contributed by atoms with E-state index in [-0.39, 0.29) is 5.78 Å². The molecule has 1 saturated heterocycles. The van der Waals surface area contributed by atoms with Crippen LogP contribution in [-0.2, 0) is 0 Å². The largest absolute Gasteiger partial charge is 0.289 e. The Morgan fingerprint density at radius 3 is 2.94 bits per heavy atom. The SMILES string of the molecule is O=C(/C=C1/SC[C@H](CI)S1)c1ccccc1Br. The van der Waals surface area contributed by atoms with Crippen molar-refractivity contribution in [3.05, 3.63) is 44.6 Å². The van der Waals surface area contributed by atoms with Gasteiger partial charge in [-0.2, -0.15) is 0 Å². The van der Waals surface area contributed by atoms with Crippen molar-refractivity contribution >= 4 is 67.8 Å². The summed E-state index contributed by atoms with van der Waals surface area (Å²) >= 11 is 9.41. The number of carbonyl (C=O) groups excluding carboxylic acids is 1. The highest BCUT2D eigenvalue weighted by atomic mass is 127. The summed E-state index contributed by atoms with van der Waals surface area (Å²) in [4.78, 5) is 12.1. The van der Waals surface area contributed by atoms with E-state index in [2.05, 4.69) is 38.5 Å². The fourth-order valence-corrected chi connectivity index (χ4v) is 5.74. The molecule has 0 aliphatic carbocycles. The molecular weight excluding hydrogens is 431 g/mol. The van der Waals surface area contributed by atoms with E-state index in [4.69, 9.17) is 0 Å². The first-order chi connectivity index (χ1) is 8.20. The summed E-state index contributed by atoms with van der Waals surface area (Å²) in [6.07, 6.45) is 1.77. The molecule has 1 nitrogen and oxygen atoms in total. The highest BCUT2D eigenvalue weighted by molar-refractivity contribution is 14.1. The van der Waals surface area contributed by atoms with Crippen molar-refractivity contribution in [1.29, 1.82) is 0 Å². The Kier molecular flexibility index (Phi) is 5.45. The minimum Gasteiger partial charge on any atom is -0.289 e. The summed E-state index contributed by atoms with van der Waals surface area (Å²) in [7, 11) is 0. The molecule has 0 aromatic heterocycles. The second kappa shape index (κ2) is 6.63. The van der Waals surface area contributed by atoms with Crippen molar-refractivity contribution in [1.82, 2.24) is 0 Å². The molecular formula is C12H10BrIOS2. The van der Waals surface area contributed by atoms with Crippen molar-refractivity contribution in [3.8, 4) is 0 Å². The van der Waals surface area contributed by atoms with Gasteiger partial charge in [-0.3, -0.25) is 4.79 Å². The number of allylic oxidation sites excluding steroid dienone is 1. The molecule has 90 valence electrons. The third-order valence-corrected chi connectivity index (χ3v) is 7.45. The van der Waals surface area contributed by atoms with Crippen molar-refractivity contribution < 1.29 is 4.79 Å². The predicted molar refractivity (Wildman–Crippen MR) is 89.3 cm³/mol. The molecule has 0 amide bonds. The Bertz CT molecular complexity index is 462. The van der Waals surface area contributed by atoms with E-state index < -0.39 is 0 Å². The van der Waals surface area contributed by atoms with Crippen molar-refractivity contribution in [3.63, 3.8) is 0 Å². The van der Waals surface area contributed by atoms with E-state index in [0.717, 1.165) is 24.5 Å². The van der Waals surface area contributed by atoms with Crippen LogP contribution in [0.15, 0.2) is 39.1 Å². The van der Waals surface area contributed by atoms with Gasteiger partial charge in [-0.15, -0.1) is 23.5 Å². The normalized spacial score (nSPS) is 22.0.